The molecule has 2 aliphatic rings. The zero-order valence-electron chi connectivity index (χ0n) is 18.8. The molecule has 0 radical (unpaired) electrons. The van der Waals surface area contributed by atoms with E-state index in [-0.39, 0.29) is 11.7 Å². The van der Waals surface area contributed by atoms with Gasteiger partial charge in [-0.2, -0.15) is 0 Å². The molecule has 0 N–H and O–H groups in total. The first kappa shape index (κ1) is 22.3. The number of hydrogen-bond donors (Lipinski definition) is 0. The maximum atomic E-state index is 10.7. The van der Waals surface area contributed by atoms with Gasteiger partial charge in [-0.1, -0.05) is 39.2 Å². The fraction of sp³-hybridized carbons (Fsp3) is 0.720. The first-order chi connectivity index (χ1) is 14.1. The van der Waals surface area contributed by atoms with Gasteiger partial charge in [-0.25, -0.2) is 0 Å². The summed E-state index contributed by atoms with van der Waals surface area (Å²) in [4.78, 5) is 13.2. The summed E-state index contributed by atoms with van der Waals surface area (Å²) in [5.74, 6) is 1.32. The maximum Gasteiger partial charge on any atom is 0.119 e. The molecular weight excluding hydrogens is 362 g/mol. The Morgan fingerprint density at radius 2 is 2.00 bits per heavy atom. The van der Waals surface area contributed by atoms with Gasteiger partial charge in [-0.15, -0.1) is 0 Å². The molecular formula is C25H39NO3. The largest absolute Gasteiger partial charge is 0.497 e. The number of nitrogens with zero attached hydrogens (tertiary/aromatic N) is 1. The number of methoxy groups -OCH3 is 1. The highest BCUT2D eigenvalue weighted by Crippen LogP contribution is 2.52. The van der Waals surface area contributed by atoms with Gasteiger partial charge < -0.3 is 19.2 Å². The molecule has 0 amide bonds. The van der Waals surface area contributed by atoms with E-state index in [1.807, 2.05) is 0 Å². The van der Waals surface area contributed by atoms with Crippen molar-refractivity contribution in [3.63, 3.8) is 0 Å². The van der Waals surface area contributed by atoms with E-state index in [2.05, 4.69) is 44.0 Å². The van der Waals surface area contributed by atoms with Crippen molar-refractivity contribution >= 4 is 6.29 Å². The van der Waals surface area contributed by atoms with Crippen molar-refractivity contribution in [3.05, 3.63) is 29.3 Å². The van der Waals surface area contributed by atoms with Crippen molar-refractivity contribution < 1.29 is 14.3 Å². The first-order valence-corrected chi connectivity index (χ1v) is 11.6. The molecule has 0 aromatic heterocycles. The van der Waals surface area contributed by atoms with Crippen molar-refractivity contribution in [2.45, 2.75) is 95.3 Å². The van der Waals surface area contributed by atoms with Gasteiger partial charge in [0.1, 0.15) is 12.0 Å². The Hall–Kier alpha value is -1.39. The lowest BCUT2D eigenvalue weighted by Gasteiger charge is -2.53. The van der Waals surface area contributed by atoms with Crippen LogP contribution in [0.4, 0.5) is 0 Å². The van der Waals surface area contributed by atoms with Crippen LogP contribution in [-0.4, -0.2) is 44.0 Å². The lowest BCUT2D eigenvalue weighted by Crippen LogP contribution is -2.54. The molecule has 0 saturated carbocycles. The Bertz CT molecular complexity index is 668. The van der Waals surface area contributed by atoms with Gasteiger partial charge in [0, 0.05) is 24.9 Å². The molecule has 2 aliphatic heterocycles. The smallest absolute Gasteiger partial charge is 0.119 e. The topological polar surface area (TPSA) is 38.8 Å². The summed E-state index contributed by atoms with van der Waals surface area (Å²) in [6, 6.07) is 7.11. The highest BCUT2D eigenvalue weighted by Gasteiger charge is 2.49. The molecule has 1 saturated heterocycles. The molecule has 162 valence electrons. The van der Waals surface area contributed by atoms with E-state index in [0.717, 1.165) is 69.9 Å². The number of aldehydes is 1. The van der Waals surface area contributed by atoms with Crippen LogP contribution in [0.1, 0.15) is 88.7 Å². The molecule has 1 aromatic carbocycles. The lowest BCUT2D eigenvalue weighted by molar-refractivity contribution is -0.156. The van der Waals surface area contributed by atoms with Crippen LogP contribution in [-0.2, 0) is 15.1 Å². The molecule has 4 nitrogen and oxygen atoms in total. The predicted molar refractivity (Wildman–Crippen MR) is 118 cm³/mol. The fourth-order valence-electron chi connectivity index (χ4n) is 5.75. The average Bonchev–Trinajstić information content (AvgIpc) is 2.73. The number of ether oxygens (including phenoxy) is 2. The van der Waals surface area contributed by atoms with E-state index in [9.17, 15) is 4.79 Å². The van der Waals surface area contributed by atoms with E-state index in [1.54, 1.807) is 7.11 Å². The molecule has 1 unspecified atom stereocenters. The number of rotatable bonds is 10. The van der Waals surface area contributed by atoms with Gasteiger partial charge in [0.2, 0.25) is 0 Å². The van der Waals surface area contributed by atoms with E-state index in [4.69, 9.17) is 9.47 Å². The SMILES string of the molecule is CCCC1(CCC)OC2CCN(C)[C@@H](CCCCC=O)[C@H]2c2cc(OC)ccc21. The quantitative estimate of drug-likeness (QED) is 0.387. The second-order valence-electron chi connectivity index (χ2n) is 8.92. The number of hydrogen-bond acceptors (Lipinski definition) is 4. The predicted octanol–water partition coefficient (Wildman–Crippen LogP) is 5.44. The van der Waals surface area contributed by atoms with Crippen LogP contribution in [0.25, 0.3) is 0 Å². The van der Waals surface area contributed by atoms with Gasteiger partial charge >= 0.3 is 0 Å². The highest BCUT2D eigenvalue weighted by atomic mass is 16.5. The summed E-state index contributed by atoms with van der Waals surface area (Å²) in [6.07, 6.45) is 10.6. The average molecular weight is 402 g/mol. The molecule has 1 fully saturated rings. The maximum absolute atomic E-state index is 10.7. The van der Waals surface area contributed by atoms with Crippen molar-refractivity contribution in [1.82, 2.24) is 4.90 Å². The highest BCUT2D eigenvalue weighted by molar-refractivity contribution is 5.49. The summed E-state index contributed by atoms with van der Waals surface area (Å²) >= 11 is 0. The summed E-state index contributed by atoms with van der Waals surface area (Å²) in [5, 5.41) is 0. The van der Waals surface area contributed by atoms with Crippen LogP contribution in [0.2, 0.25) is 0 Å². The molecule has 3 atom stereocenters. The van der Waals surface area contributed by atoms with Crippen molar-refractivity contribution in [2.24, 2.45) is 0 Å². The molecule has 29 heavy (non-hydrogen) atoms. The number of benzene rings is 1. The third-order valence-electron chi connectivity index (χ3n) is 7.01. The van der Waals surface area contributed by atoms with Gasteiger partial charge in [0.15, 0.2) is 0 Å². The normalized spacial score (nSPS) is 25.9. The van der Waals surface area contributed by atoms with Crippen molar-refractivity contribution in [1.29, 1.82) is 0 Å². The number of carbonyl (C=O) groups is 1. The van der Waals surface area contributed by atoms with Gasteiger partial charge in [-0.05, 0) is 62.4 Å². The Kier molecular flexibility index (Phi) is 7.75. The van der Waals surface area contributed by atoms with Crippen LogP contribution in [0.5, 0.6) is 5.75 Å². The molecule has 3 rings (SSSR count). The number of fused-ring (bicyclic) bond motifs is 3. The third-order valence-corrected chi connectivity index (χ3v) is 7.01. The lowest BCUT2D eigenvalue weighted by atomic mass is 9.70. The number of likely N-dealkylation sites (N-methyl/N-ethyl adjacent to an activating group) is 1. The van der Waals surface area contributed by atoms with Crippen LogP contribution < -0.4 is 4.74 Å². The van der Waals surface area contributed by atoms with E-state index in [0.29, 0.717) is 18.4 Å². The molecule has 0 aliphatic carbocycles. The fourth-order valence-corrected chi connectivity index (χ4v) is 5.75. The third kappa shape index (κ3) is 4.54. The molecule has 1 aromatic rings. The van der Waals surface area contributed by atoms with Crippen LogP contribution in [0.15, 0.2) is 18.2 Å². The number of likely N-dealkylation sites (tertiary alicyclic amines) is 1. The summed E-state index contributed by atoms with van der Waals surface area (Å²) in [7, 11) is 4.01. The minimum atomic E-state index is -0.162. The Morgan fingerprint density at radius 3 is 2.66 bits per heavy atom. The minimum Gasteiger partial charge on any atom is -0.497 e. The van der Waals surface area contributed by atoms with E-state index in [1.165, 1.54) is 11.1 Å². The number of carbonyl (C=O) groups excluding carboxylic acids is 1. The Balaban J connectivity index is 2.01. The minimum absolute atomic E-state index is 0.162. The van der Waals surface area contributed by atoms with Crippen LogP contribution >= 0.6 is 0 Å². The van der Waals surface area contributed by atoms with Crippen molar-refractivity contribution in [3.8, 4) is 5.75 Å². The summed E-state index contributed by atoms with van der Waals surface area (Å²) in [5.41, 5.74) is 2.66. The van der Waals surface area contributed by atoms with Crippen molar-refractivity contribution in [2.75, 3.05) is 20.7 Å². The van der Waals surface area contributed by atoms with Gasteiger partial charge in [0.25, 0.3) is 0 Å². The van der Waals surface area contributed by atoms with Gasteiger partial charge in [-0.3, -0.25) is 0 Å². The van der Waals surface area contributed by atoms with E-state index < -0.39 is 0 Å². The number of piperidine rings is 1. The van der Waals surface area contributed by atoms with E-state index >= 15 is 0 Å². The first-order valence-electron chi connectivity index (χ1n) is 11.6. The summed E-state index contributed by atoms with van der Waals surface area (Å²) in [6.45, 7) is 5.61. The number of unbranched alkanes of at least 4 members (excludes halogenated alkanes) is 2. The second kappa shape index (κ2) is 10.1. The zero-order chi connectivity index (χ0) is 20.9. The van der Waals surface area contributed by atoms with Gasteiger partial charge in [0.05, 0.1) is 18.8 Å². The molecule has 4 heteroatoms. The Morgan fingerprint density at radius 1 is 1.24 bits per heavy atom. The van der Waals surface area contributed by atoms with Crippen LogP contribution in [0.3, 0.4) is 0 Å². The monoisotopic (exact) mass is 401 g/mol. The zero-order valence-corrected chi connectivity index (χ0v) is 18.8. The van der Waals surface area contributed by atoms with Crippen LogP contribution in [0, 0.1) is 0 Å². The second-order valence-corrected chi connectivity index (χ2v) is 8.92. The molecule has 0 bridgehead atoms. The molecule has 2 heterocycles. The Labute approximate surface area is 177 Å². The summed E-state index contributed by atoms with van der Waals surface area (Å²) < 4.78 is 12.7. The molecule has 0 spiro atoms. The standard InChI is InChI=1S/C25H39NO3/c1-5-14-25(15-6-2)21-12-11-19(28-4)18-20(21)24-22(10-8-7-9-17-27)26(3)16-13-23(24)29-25/h11-12,17-18,22-24H,5-10,13-16H2,1-4H3/t22-,23?,24+/m0/s1.